The van der Waals surface area contributed by atoms with Crippen LogP contribution in [0, 0.1) is 0 Å². The molecule has 2 heterocycles. The summed E-state index contributed by atoms with van der Waals surface area (Å²) >= 11 is 0. The first-order valence-corrected chi connectivity index (χ1v) is 9.50. The fourth-order valence-corrected chi connectivity index (χ4v) is 3.88. The van der Waals surface area contributed by atoms with Crippen LogP contribution in [0.5, 0.6) is 0 Å². The molecule has 1 atom stereocenters. The zero-order chi connectivity index (χ0) is 19.5. The summed E-state index contributed by atoms with van der Waals surface area (Å²) in [6.07, 6.45) is 13.7. The number of rotatable bonds is 3. The molecule has 0 bridgehead atoms. The second-order valence-corrected chi connectivity index (χ2v) is 7.13. The summed E-state index contributed by atoms with van der Waals surface area (Å²) < 4.78 is 5.61. The number of ether oxygens (including phenoxy) is 1. The fourth-order valence-electron chi connectivity index (χ4n) is 3.88. The van der Waals surface area contributed by atoms with E-state index >= 15 is 0 Å². The van der Waals surface area contributed by atoms with E-state index in [4.69, 9.17) is 10.5 Å². The third kappa shape index (κ3) is 3.58. The summed E-state index contributed by atoms with van der Waals surface area (Å²) in [5.41, 5.74) is 8.04. The van der Waals surface area contributed by atoms with E-state index in [0.717, 1.165) is 30.4 Å². The second kappa shape index (κ2) is 7.76. The van der Waals surface area contributed by atoms with Crippen molar-refractivity contribution in [2.45, 2.75) is 25.2 Å². The Morgan fingerprint density at radius 2 is 2.07 bits per heavy atom. The molecule has 1 saturated heterocycles. The quantitative estimate of drug-likeness (QED) is 0.874. The van der Waals surface area contributed by atoms with E-state index < -0.39 is 5.91 Å². The minimum Gasteiger partial charge on any atom is -0.462 e. The van der Waals surface area contributed by atoms with Crippen molar-refractivity contribution in [1.29, 1.82) is 0 Å². The number of urea groups is 1. The number of hydrogen-bond donors (Lipinski definition) is 1. The molecule has 4 rings (SSSR count). The number of likely N-dealkylation sites (tertiary alicyclic amines) is 1. The number of carbonyl (C=O) groups is 2. The molecule has 0 aromatic heterocycles. The number of hydrogen-bond acceptors (Lipinski definition) is 3. The molecule has 2 N–H and O–H groups in total. The molecule has 28 heavy (non-hydrogen) atoms. The van der Waals surface area contributed by atoms with Crippen LogP contribution in [-0.2, 0) is 4.74 Å². The van der Waals surface area contributed by atoms with Gasteiger partial charge in [0.05, 0.1) is 6.20 Å². The van der Waals surface area contributed by atoms with Crippen molar-refractivity contribution in [3.63, 3.8) is 0 Å². The van der Waals surface area contributed by atoms with Gasteiger partial charge in [0.25, 0.3) is 0 Å². The molecule has 1 aromatic carbocycles. The first-order chi connectivity index (χ1) is 13.6. The van der Waals surface area contributed by atoms with E-state index in [9.17, 15) is 9.59 Å². The SMILES string of the molecule is NC(=O)c1ccccc1C1CCN(C(=O)N2C=COC(C3=CC=CCC3)=C2)C1. The number of benzene rings is 1. The zero-order valence-corrected chi connectivity index (χ0v) is 15.6. The van der Waals surface area contributed by atoms with Gasteiger partial charge >= 0.3 is 6.03 Å². The number of primary amides is 1. The third-order valence-corrected chi connectivity index (χ3v) is 5.35. The average molecular weight is 377 g/mol. The number of allylic oxidation sites excluding steroid dienone is 4. The highest BCUT2D eigenvalue weighted by Gasteiger charge is 2.31. The lowest BCUT2D eigenvalue weighted by Crippen LogP contribution is -2.37. The maximum absolute atomic E-state index is 13.0. The maximum atomic E-state index is 13.0. The Morgan fingerprint density at radius 3 is 2.86 bits per heavy atom. The smallest absolute Gasteiger partial charge is 0.328 e. The fraction of sp³-hybridized carbons (Fsp3) is 0.273. The number of nitrogens with zero attached hydrogens (tertiary/aromatic N) is 2. The van der Waals surface area contributed by atoms with Gasteiger partial charge in [0, 0.05) is 30.8 Å². The van der Waals surface area contributed by atoms with Crippen molar-refractivity contribution in [3.8, 4) is 0 Å². The van der Waals surface area contributed by atoms with Gasteiger partial charge in [0.1, 0.15) is 12.0 Å². The van der Waals surface area contributed by atoms with Crippen LogP contribution in [0.25, 0.3) is 0 Å². The van der Waals surface area contributed by atoms with Gasteiger partial charge < -0.3 is 15.4 Å². The maximum Gasteiger partial charge on any atom is 0.328 e. The van der Waals surface area contributed by atoms with Crippen LogP contribution in [0.1, 0.15) is 41.1 Å². The molecule has 1 unspecified atom stereocenters. The lowest BCUT2D eigenvalue weighted by molar-refractivity contribution is 0.0999. The van der Waals surface area contributed by atoms with Crippen LogP contribution in [0.4, 0.5) is 4.79 Å². The molecule has 144 valence electrons. The van der Waals surface area contributed by atoms with Crippen LogP contribution in [-0.4, -0.2) is 34.8 Å². The van der Waals surface area contributed by atoms with Crippen molar-refractivity contribution in [2.24, 2.45) is 5.73 Å². The summed E-state index contributed by atoms with van der Waals surface area (Å²) in [4.78, 5) is 28.1. The standard InChI is InChI=1S/C22H23N3O3/c23-21(26)19-9-5-4-8-18(19)17-10-11-24(14-17)22(27)25-12-13-28-20(15-25)16-6-2-1-3-7-16/h1-2,4-6,8-9,12-13,15,17H,3,7,10-11,14H2,(H2,23,26). The van der Waals surface area contributed by atoms with Crippen LogP contribution >= 0.6 is 0 Å². The first-order valence-electron chi connectivity index (χ1n) is 9.50. The summed E-state index contributed by atoms with van der Waals surface area (Å²) in [6.45, 7) is 1.19. The highest BCUT2D eigenvalue weighted by molar-refractivity contribution is 5.94. The van der Waals surface area contributed by atoms with Crippen molar-refractivity contribution in [1.82, 2.24) is 9.80 Å². The Morgan fingerprint density at radius 1 is 1.21 bits per heavy atom. The largest absolute Gasteiger partial charge is 0.462 e. The van der Waals surface area contributed by atoms with Gasteiger partial charge in [0.15, 0.2) is 0 Å². The van der Waals surface area contributed by atoms with Gasteiger partial charge in [0.2, 0.25) is 5.91 Å². The minimum atomic E-state index is -0.432. The number of amides is 3. The van der Waals surface area contributed by atoms with E-state index in [1.54, 1.807) is 40.6 Å². The molecule has 0 radical (unpaired) electrons. The van der Waals surface area contributed by atoms with Crippen LogP contribution in [0.2, 0.25) is 0 Å². The van der Waals surface area contributed by atoms with Crippen molar-refractivity contribution in [3.05, 3.63) is 83.6 Å². The normalized spacial score (nSPS) is 21.2. The van der Waals surface area contributed by atoms with Crippen LogP contribution < -0.4 is 5.73 Å². The monoisotopic (exact) mass is 377 g/mol. The molecule has 3 amide bonds. The molecule has 1 aromatic rings. The van der Waals surface area contributed by atoms with Crippen LogP contribution in [0.15, 0.2) is 72.5 Å². The zero-order valence-electron chi connectivity index (χ0n) is 15.6. The Balaban J connectivity index is 1.48. The molecular weight excluding hydrogens is 354 g/mol. The predicted octanol–water partition coefficient (Wildman–Crippen LogP) is 3.62. The number of carbonyl (C=O) groups excluding carboxylic acids is 2. The molecule has 3 aliphatic rings. The van der Waals surface area contributed by atoms with Crippen molar-refractivity contribution < 1.29 is 14.3 Å². The Kier molecular flexibility index (Phi) is 5.02. The molecular formula is C22H23N3O3. The molecule has 6 heteroatoms. The molecule has 1 aliphatic carbocycles. The van der Waals surface area contributed by atoms with E-state index in [-0.39, 0.29) is 11.9 Å². The second-order valence-electron chi connectivity index (χ2n) is 7.13. The molecule has 1 fully saturated rings. The van der Waals surface area contributed by atoms with E-state index in [1.807, 2.05) is 24.3 Å². The Labute approximate surface area is 164 Å². The molecule has 2 aliphatic heterocycles. The first kappa shape index (κ1) is 18.1. The van der Waals surface area contributed by atoms with Crippen molar-refractivity contribution >= 4 is 11.9 Å². The van der Waals surface area contributed by atoms with E-state index in [2.05, 4.69) is 6.08 Å². The van der Waals surface area contributed by atoms with E-state index in [0.29, 0.717) is 24.4 Å². The van der Waals surface area contributed by atoms with Gasteiger partial charge in [-0.2, -0.15) is 0 Å². The van der Waals surface area contributed by atoms with Gasteiger partial charge in [-0.3, -0.25) is 9.69 Å². The topological polar surface area (TPSA) is 75.9 Å². The van der Waals surface area contributed by atoms with Gasteiger partial charge in [-0.25, -0.2) is 4.79 Å². The summed E-state index contributed by atoms with van der Waals surface area (Å²) in [5.74, 6) is 0.376. The van der Waals surface area contributed by atoms with Crippen molar-refractivity contribution in [2.75, 3.05) is 13.1 Å². The third-order valence-electron chi connectivity index (χ3n) is 5.35. The highest BCUT2D eigenvalue weighted by Crippen LogP contribution is 2.31. The summed E-state index contributed by atoms with van der Waals surface area (Å²) in [5, 5.41) is 0. The highest BCUT2D eigenvalue weighted by atomic mass is 16.5. The van der Waals surface area contributed by atoms with Gasteiger partial charge in [-0.05, 0) is 36.5 Å². The lowest BCUT2D eigenvalue weighted by atomic mass is 9.93. The van der Waals surface area contributed by atoms with Crippen LogP contribution in [0.3, 0.4) is 0 Å². The number of nitrogens with two attached hydrogens (primary N) is 1. The minimum absolute atomic E-state index is 0.0944. The Hall–Kier alpha value is -3.28. The average Bonchev–Trinajstić information content (AvgIpc) is 3.24. The van der Waals surface area contributed by atoms with Gasteiger partial charge in [-0.1, -0.05) is 36.4 Å². The predicted molar refractivity (Wildman–Crippen MR) is 106 cm³/mol. The lowest BCUT2D eigenvalue weighted by Gasteiger charge is -2.26. The summed E-state index contributed by atoms with van der Waals surface area (Å²) in [7, 11) is 0. The van der Waals surface area contributed by atoms with E-state index in [1.165, 1.54) is 0 Å². The molecule has 0 saturated carbocycles. The Bertz CT molecular complexity index is 913. The summed E-state index contributed by atoms with van der Waals surface area (Å²) in [6, 6.07) is 7.28. The molecule has 0 spiro atoms. The van der Waals surface area contributed by atoms with Gasteiger partial charge in [-0.15, -0.1) is 0 Å². The molecule has 6 nitrogen and oxygen atoms in total.